The number of rotatable bonds is 5. The van der Waals surface area contributed by atoms with Gasteiger partial charge in [-0.25, -0.2) is 13.4 Å². The lowest BCUT2D eigenvalue weighted by atomic mass is 10.1. The normalized spacial score (nSPS) is 13.4. The van der Waals surface area contributed by atoms with Crippen LogP contribution in [0.5, 0.6) is 0 Å². The number of hydrogen-bond donors (Lipinski definition) is 1. The highest BCUT2D eigenvalue weighted by Crippen LogP contribution is 2.32. The lowest BCUT2D eigenvalue weighted by Crippen LogP contribution is -2.31. The van der Waals surface area contributed by atoms with Crippen LogP contribution >= 0.6 is 11.3 Å². The van der Waals surface area contributed by atoms with Gasteiger partial charge < -0.3 is 10.2 Å². The van der Waals surface area contributed by atoms with Crippen molar-refractivity contribution < 1.29 is 13.2 Å². The zero-order valence-corrected chi connectivity index (χ0v) is 17.8. The van der Waals surface area contributed by atoms with E-state index in [0.717, 1.165) is 41.2 Å². The Morgan fingerprint density at radius 1 is 1.24 bits per heavy atom. The summed E-state index contributed by atoms with van der Waals surface area (Å²) in [6.07, 6.45) is 2.03. The van der Waals surface area contributed by atoms with Crippen molar-refractivity contribution in [2.24, 2.45) is 0 Å². The minimum atomic E-state index is -3.32. The van der Waals surface area contributed by atoms with E-state index in [4.69, 9.17) is 0 Å². The Balaban J connectivity index is 1.46. The molecule has 0 spiro atoms. The van der Waals surface area contributed by atoms with E-state index in [1.165, 1.54) is 17.7 Å². The van der Waals surface area contributed by atoms with Crippen molar-refractivity contribution in [2.45, 2.75) is 18.2 Å². The number of benzene rings is 2. The largest absolute Gasteiger partial charge is 0.362 e. The zero-order chi connectivity index (χ0) is 20.6. The number of sulfone groups is 1. The number of amides is 1. The maximum Gasteiger partial charge on any atom is 0.243 e. The summed E-state index contributed by atoms with van der Waals surface area (Å²) in [6, 6.07) is 12.5. The minimum Gasteiger partial charge on any atom is -0.362 e. The molecular weight excluding hydrogens is 406 g/mol. The molecule has 0 bridgehead atoms. The first kappa shape index (κ1) is 19.6. The molecule has 1 N–H and O–H groups in total. The third-order valence-corrected chi connectivity index (χ3v) is 6.75. The number of hydrogen-bond acceptors (Lipinski definition) is 6. The molecule has 6 nitrogen and oxygen atoms in total. The summed E-state index contributed by atoms with van der Waals surface area (Å²) >= 11 is 1.63. The number of aromatic nitrogens is 1. The van der Waals surface area contributed by atoms with Crippen LogP contribution in [-0.4, -0.2) is 38.7 Å². The molecule has 0 atom stereocenters. The van der Waals surface area contributed by atoms with Gasteiger partial charge >= 0.3 is 0 Å². The van der Waals surface area contributed by atoms with Crippen molar-refractivity contribution in [1.29, 1.82) is 0 Å². The molecule has 8 heteroatoms. The average Bonchev–Trinajstić information content (AvgIpc) is 3.27. The van der Waals surface area contributed by atoms with Crippen molar-refractivity contribution in [3.8, 4) is 11.3 Å². The SMILES string of the molecule is Cc1nc(-c2ccc3c(c2)CCN3CC(=O)Nc2cccc(S(C)(=O)=O)c2)cs1. The summed E-state index contributed by atoms with van der Waals surface area (Å²) in [5.41, 5.74) is 4.82. The number of fused-ring (bicyclic) bond motifs is 1. The molecule has 1 aromatic heterocycles. The van der Waals surface area contributed by atoms with Gasteiger partial charge in [-0.05, 0) is 49.2 Å². The molecule has 1 aliphatic rings. The van der Waals surface area contributed by atoms with Crippen LogP contribution in [0.25, 0.3) is 11.3 Å². The van der Waals surface area contributed by atoms with Gasteiger partial charge in [-0.3, -0.25) is 4.79 Å². The zero-order valence-electron chi connectivity index (χ0n) is 16.2. The van der Waals surface area contributed by atoms with Crippen LogP contribution < -0.4 is 10.2 Å². The number of carbonyl (C=O) groups excluding carboxylic acids is 1. The number of aryl methyl sites for hydroxylation is 1. The molecule has 2 heterocycles. The molecule has 150 valence electrons. The second kappa shape index (κ2) is 7.61. The topological polar surface area (TPSA) is 79.4 Å². The third-order valence-electron chi connectivity index (χ3n) is 4.87. The molecule has 0 radical (unpaired) electrons. The van der Waals surface area contributed by atoms with Gasteiger partial charge in [0.2, 0.25) is 5.91 Å². The van der Waals surface area contributed by atoms with E-state index in [1.54, 1.807) is 23.5 Å². The van der Waals surface area contributed by atoms with Crippen LogP contribution in [0.15, 0.2) is 52.7 Å². The third kappa shape index (κ3) is 4.33. The van der Waals surface area contributed by atoms with E-state index in [9.17, 15) is 13.2 Å². The molecule has 29 heavy (non-hydrogen) atoms. The molecule has 1 amide bonds. The van der Waals surface area contributed by atoms with Crippen LogP contribution in [0.4, 0.5) is 11.4 Å². The molecule has 0 saturated carbocycles. The van der Waals surface area contributed by atoms with Crippen LogP contribution in [0.1, 0.15) is 10.6 Å². The Hall–Kier alpha value is -2.71. The number of thiazole rings is 1. The summed E-state index contributed by atoms with van der Waals surface area (Å²) in [5, 5.41) is 5.90. The molecule has 1 aliphatic heterocycles. The Bertz CT molecular complexity index is 1190. The Morgan fingerprint density at radius 3 is 2.79 bits per heavy atom. The van der Waals surface area contributed by atoms with Crippen molar-refractivity contribution >= 4 is 38.5 Å². The minimum absolute atomic E-state index is 0.178. The van der Waals surface area contributed by atoms with Crippen molar-refractivity contribution in [3.63, 3.8) is 0 Å². The Labute approximate surface area is 174 Å². The van der Waals surface area contributed by atoms with Gasteiger partial charge in [0.05, 0.1) is 22.1 Å². The molecule has 2 aromatic carbocycles. The van der Waals surface area contributed by atoms with E-state index in [-0.39, 0.29) is 17.3 Å². The molecule has 4 rings (SSSR count). The molecule has 3 aromatic rings. The predicted molar refractivity (Wildman–Crippen MR) is 116 cm³/mol. The highest BCUT2D eigenvalue weighted by atomic mass is 32.2. The molecule has 0 unspecified atom stereocenters. The number of nitrogens with one attached hydrogen (secondary N) is 1. The van der Waals surface area contributed by atoms with E-state index in [1.807, 2.05) is 24.0 Å². The average molecular weight is 428 g/mol. The molecule has 0 saturated heterocycles. The maximum absolute atomic E-state index is 12.5. The second-order valence-corrected chi connectivity index (χ2v) is 10.2. The van der Waals surface area contributed by atoms with Crippen LogP contribution in [-0.2, 0) is 21.1 Å². The van der Waals surface area contributed by atoms with Crippen molar-refractivity contribution in [3.05, 3.63) is 58.4 Å². The fourth-order valence-corrected chi connectivity index (χ4v) is 4.76. The predicted octanol–water partition coefficient (Wildman–Crippen LogP) is 3.52. The van der Waals surface area contributed by atoms with Gasteiger partial charge in [0.15, 0.2) is 9.84 Å². The molecule has 0 fully saturated rings. The summed E-state index contributed by atoms with van der Waals surface area (Å²) in [7, 11) is -3.32. The molecular formula is C21H21N3O3S2. The van der Waals surface area contributed by atoms with Crippen molar-refractivity contribution in [2.75, 3.05) is 29.6 Å². The first-order valence-electron chi connectivity index (χ1n) is 9.20. The maximum atomic E-state index is 12.5. The molecule has 0 aliphatic carbocycles. The van der Waals surface area contributed by atoms with E-state index >= 15 is 0 Å². The standard InChI is InChI=1S/C21H21N3O3S2/c1-14-22-19(13-28-14)15-6-7-20-16(10-15)8-9-24(20)12-21(25)23-17-4-3-5-18(11-17)29(2,26)27/h3-7,10-11,13H,8-9,12H2,1-2H3,(H,23,25). The second-order valence-electron chi connectivity index (χ2n) is 7.11. The van der Waals surface area contributed by atoms with Gasteiger partial charge in [-0.2, -0.15) is 0 Å². The first-order valence-corrected chi connectivity index (χ1v) is 12.0. The highest BCUT2D eigenvalue weighted by molar-refractivity contribution is 7.90. The summed E-state index contributed by atoms with van der Waals surface area (Å²) in [4.78, 5) is 19.3. The number of nitrogens with zero attached hydrogens (tertiary/aromatic N) is 2. The fraction of sp³-hybridized carbons (Fsp3) is 0.238. The Morgan fingerprint density at radius 2 is 2.07 bits per heavy atom. The fourth-order valence-electron chi connectivity index (χ4n) is 3.47. The lowest BCUT2D eigenvalue weighted by molar-refractivity contribution is -0.115. The van der Waals surface area contributed by atoms with Crippen LogP contribution in [0.2, 0.25) is 0 Å². The van der Waals surface area contributed by atoms with Gasteiger partial charge in [0.25, 0.3) is 0 Å². The van der Waals surface area contributed by atoms with Gasteiger partial charge in [-0.1, -0.05) is 12.1 Å². The summed E-state index contributed by atoms with van der Waals surface area (Å²) < 4.78 is 23.4. The van der Waals surface area contributed by atoms with E-state index < -0.39 is 9.84 Å². The van der Waals surface area contributed by atoms with Crippen molar-refractivity contribution in [1.82, 2.24) is 4.98 Å². The van der Waals surface area contributed by atoms with Gasteiger partial charge in [0.1, 0.15) is 0 Å². The van der Waals surface area contributed by atoms with Crippen LogP contribution in [0.3, 0.4) is 0 Å². The smallest absolute Gasteiger partial charge is 0.243 e. The monoisotopic (exact) mass is 427 g/mol. The van der Waals surface area contributed by atoms with Gasteiger partial charge in [-0.15, -0.1) is 11.3 Å². The quantitative estimate of drug-likeness (QED) is 0.674. The van der Waals surface area contributed by atoms with E-state index in [2.05, 4.69) is 21.7 Å². The number of anilines is 2. The summed E-state index contributed by atoms with van der Waals surface area (Å²) in [6.45, 7) is 2.98. The lowest BCUT2D eigenvalue weighted by Gasteiger charge is -2.19. The number of carbonyl (C=O) groups is 1. The van der Waals surface area contributed by atoms with Crippen LogP contribution in [0, 0.1) is 6.92 Å². The Kier molecular flexibility index (Phi) is 5.14. The highest BCUT2D eigenvalue weighted by Gasteiger charge is 2.22. The summed E-state index contributed by atoms with van der Waals surface area (Å²) in [5.74, 6) is -0.178. The van der Waals surface area contributed by atoms with E-state index in [0.29, 0.717) is 5.69 Å². The van der Waals surface area contributed by atoms with Gasteiger partial charge in [0, 0.05) is 35.1 Å². The first-order chi connectivity index (χ1) is 13.8.